The van der Waals surface area contributed by atoms with Gasteiger partial charge in [0, 0.05) is 6.20 Å². The Labute approximate surface area is 112 Å². The van der Waals surface area contributed by atoms with Crippen LogP contribution in [0.15, 0.2) is 48.7 Å². The summed E-state index contributed by atoms with van der Waals surface area (Å²) in [6.45, 7) is 0. The average Bonchev–Trinajstić information content (AvgIpc) is 3.31. The van der Waals surface area contributed by atoms with Crippen molar-refractivity contribution in [1.29, 1.82) is 5.26 Å². The lowest BCUT2D eigenvalue weighted by Gasteiger charge is -2.19. The fourth-order valence-electron chi connectivity index (χ4n) is 2.27. The molecule has 3 nitrogen and oxygen atoms in total. The van der Waals surface area contributed by atoms with Crippen molar-refractivity contribution in [1.82, 2.24) is 4.98 Å². The molecule has 3 rings (SSSR count). The van der Waals surface area contributed by atoms with Crippen molar-refractivity contribution in [3.8, 4) is 6.07 Å². The van der Waals surface area contributed by atoms with E-state index in [2.05, 4.69) is 40.6 Å². The quantitative estimate of drug-likeness (QED) is 0.902. The summed E-state index contributed by atoms with van der Waals surface area (Å²) in [7, 11) is 0. The number of nitriles is 1. The molecule has 1 saturated carbocycles. The molecule has 1 unspecified atom stereocenters. The molecule has 1 atom stereocenters. The average molecular weight is 249 g/mol. The molecule has 0 spiro atoms. The van der Waals surface area contributed by atoms with Crippen LogP contribution in [0, 0.1) is 17.2 Å². The second-order valence-electron chi connectivity index (χ2n) is 4.91. The number of hydrogen-bond acceptors (Lipinski definition) is 3. The van der Waals surface area contributed by atoms with Crippen LogP contribution in [0.5, 0.6) is 0 Å². The summed E-state index contributed by atoms with van der Waals surface area (Å²) in [5, 5.41) is 12.3. The summed E-state index contributed by atoms with van der Waals surface area (Å²) in [6.07, 6.45) is 4.14. The molecule has 1 aromatic heterocycles. The number of nitrogens with zero attached hydrogens (tertiary/aromatic N) is 2. The predicted molar refractivity (Wildman–Crippen MR) is 74.5 cm³/mol. The highest BCUT2D eigenvalue weighted by Crippen LogP contribution is 2.42. The van der Waals surface area contributed by atoms with Gasteiger partial charge in [-0.25, -0.2) is 4.98 Å². The van der Waals surface area contributed by atoms with Gasteiger partial charge in [0.05, 0.1) is 11.6 Å². The van der Waals surface area contributed by atoms with E-state index in [-0.39, 0.29) is 0 Å². The Kier molecular flexibility index (Phi) is 3.16. The van der Waals surface area contributed by atoms with Crippen LogP contribution in [0.2, 0.25) is 0 Å². The van der Waals surface area contributed by atoms with Gasteiger partial charge < -0.3 is 5.32 Å². The molecule has 0 radical (unpaired) electrons. The number of pyridine rings is 1. The van der Waals surface area contributed by atoms with Crippen LogP contribution in [0.1, 0.15) is 30.0 Å². The molecule has 94 valence electrons. The summed E-state index contributed by atoms with van der Waals surface area (Å²) in [5.41, 5.74) is 1.89. The van der Waals surface area contributed by atoms with E-state index in [0.29, 0.717) is 17.5 Å². The van der Waals surface area contributed by atoms with E-state index in [4.69, 9.17) is 5.26 Å². The molecule has 0 amide bonds. The molecular weight excluding hydrogens is 234 g/mol. The Morgan fingerprint density at radius 1 is 1.16 bits per heavy atom. The molecule has 19 heavy (non-hydrogen) atoms. The zero-order valence-electron chi connectivity index (χ0n) is 10.6. The zero-order valence-corrected chi connectivity index (χ0v) is 10.6. The highest BCUT2D eigenvalue weighted by atomic mass is 15.0. The van der Waals surface area contributed by atoms with Gasteiger partial charge in [-0.1, -0.05) is 30.3 Å². The lowest BCUT2D eigenvalue weighted by molar-refractivity contribution is 0.675. The molecule has 1 aromatic carbocycles. The van der Waals surface area contributed by atoms with Gasteiger partial charge in [0.25, 0.3) is 0 Å². The first-order chi connectivity index (χ1) is 9.36. The Hall–Kier alpha value is -2.34. The van der Waals surface area contributed by atoms with Gasteiger partial charge in [-0.15, -0.1) is 0 Å². The third kappa shape index (κ3) is 2.74. The van der Waals surface area contributed by atoms with Gasteiger partial charge in [0.1, 0.15) is 11.9 Å². The van der Waals surface area contributed by atoms with Crippen LogP contribution in [0.4, 0.5) is 5.82 Å². The second kappa shape index (κ2) is 5.11. The maximum atomic E-state index is 8.78. The lowest BCUT2D eigenvalue weighted by Crippen LogP contribution is -2.13. The van der Waals surface area contributed by atoms with E-state index in [0.717, 1.165) is 5.82 Å². The third-order valence-corrected chi connectivity index (χ3v) is 3.45. The minimum Gasteiger partial charge on any atom is -0.363 e. The minimum atomic E-state index is 0.321. The second-order valence-corrected chi connectivity index (χ2v) is 4.91. The van der Waals surface area contributed by atoms with Gasteiger partial charge in [-0.3, -0.25) is 0 Å². The molecular formula is C16H15N3. The number of rotatable bonds is 4. The van der Waals surface area contributed by atoms with Crippen LogP contribution < -0.4 is 5.32 Å². The van der Waals surface area contributed by atoms with Gasteiger partial charge in [0.2, 0.25) is 0 Å². The summed E-state index contributed by atoms with van der Waals surface area (Å²) in [6, 6.07) is 16.5. The van der Waals surface area contributed by atoms with Gasteiger partial charge in [-0.05, 0) is 36.5 Å². The van der Waals surface area contributed by atoms with Crippen molar-refractivity contribution in [2.45, 2.75) is 18.9 Å². The van der Waals surface area contributed by atoms with Crippen LogP contribution >= 0.6 is 0 Å². The molecule has 2 aromatic rings. The Morgan fingerprint density at radius 2 is 1.95 bits per heavy atom. The monoisotopic (exact) mass is 249 g/mol. The molecule has 0 aliphatic heterocycles. The van der Waals surface area contributed by atoms with E-state index in [1.807, 2.05) is 12.1 Å². The fourth-order valence-corrected chi connectivity index (χ4v) is 2.27. The van der Waals surface area contributed by atoms with E-state index >= 15 is 0 Å². The highest BCUT2D eigenvalue weighted by molar-refractivity contribution is 5.42. The molecule has 1 N–H and O–H groups in total. The number of aromatic nitrogens is 1. The molecule has 0 saturated heterocycles. The normalized spacial score (nSPS) is 15.5. The number of nitrogens with one attached hydrogen (secondary N) is 1. The minimum absolute atomic E-state index is 0.321. The molecule has 1 fully saturated rings. The largest absolute Gasteiger partial charge is 0.363 e. The number of benzene rings is 1. The molecule has 1 aliphatic rings. The summed E-state index contributed by atoms with van der Waals surface area (Å²) in [5.74, 6) is 1.53. The van der Waals surface area contributed by atoms with E-state index in [9.17, 15) is 0 Å². The molecule has 1 heterocycles. The maximum absolute atomic E-state index is 8.78. The van der Waals surface area contributed by atoms with Crippen molar-refractivity contribution in [2.75, 3.05) is 5.32 Å². The molecule has 3 heteroatoms. The van der Waals surface area contributed by atoms with Crippen LogP contribution in [-0.2, 0) is 0 Å². The van der Waals surface area contributed by atoms with Crippen molar-refractivity contribution < 1.29 is 0 Å². The first-order valence-corrected chi connectivity index (χ1v) is 6.54. The van der Waals surface area contributed by atoms with Crippen molar-refractivity contribution in [3.63, 3.8) is 0 Å². The summed E-state index contributed by atoms with van der Waals surface area (Å²) >= 11 is 0. The third-order valence-electron chi connectivity index (χ3n) is 3.45. The first kappa shape index (κ1) is 11.7. The molecule has 1 aliphatic carbocycles. The SMILES string of the molecule is N#Cc1ccc(NC(c2ccccc2)C2CC2)nc1. The Morgan fingerprint density at radius 3 is 2.53 bits per heavy atom. The van der Waals surface area contributed by atoms with Crippen LogP contribution in [0.25, 0.3) is 0 Å². The van der Waals surface area contributed by atoms with Crippen molar-refractivity contribution >= 4 is 5.82 Å². The van der Waals surface area contributed by atoms with Crippen molar-refractivity contribution in [3.05, 3.63) is 59.8 Å². The van der Waals surface area contributed by atoms with Gasteiger partial charge in [0.15, 0.2) is 0 Å². The van der Waals surface area contributed by atoms with Gasteiger partial charge in [-0.2, -0.15) is 5.26 Å². The lowest BCUT2D eigenvalue weighted by atomic mass is 10.0. The number of anilines is 1. The fraction of sp³-hybridized carbons (Fsp3) is 0.250. The van der Waals surface area contributed by atoms with Crippen LogP contribution in [-0.4, -0.2) is 4.98 Å². The van der Waals surface area contributed by atoms with Crippen LogP contribution in [0.3, 0.4) is 0 Å². The summed E-state index contributed by atoms with van der Waals surface area (Å²) in [4.78, 5) is 4.29. The standard InChI is InChI=1S/C16H15N3/c17-10-12-6-9-15(18-11-12)19-16(14-7-8-14)13-4-2-1-3-5-13/h1-6,9,11,14,16H,7-8H2,(H,18,19). The first-order valence-electron chi connectivity index (χ1n) is 6.54. The Bertz CT molecular complexity index is 580. The van der Waals surface area contributed by atoms with E-state index in [1.165, 1.54) is 18.4 Å². The van der Waals surface area contributed by atoms with Crippen molar-refractivity contribution in [2.24, 2.45) is 5.92 Å². The topological polar surface area (TPSA) is 48.7 Å². The van der Waals surface area contributed by atoms with E-state index in [1.54, 1.807) is 12.3 Å². The highest BCUT2D eigenvalue weighted by Gasteiger charge is 2.32. The van der Waals surface area contributed by atoms with Gasteiger partial charge >= 0.3 is 0 Å². The zero-order chi connectivity index (χ0) is 13.1. The number of hydrogen-bond donors (Lipinski definition) is 1. The Balaban J connectivity index is 1.80. The van der Waals surface area contributed by atoms with E-state index < -0.39 is 0 Å². The maximum Gasteiger partial charge on any atom is 0.126 e. The summed E-state index contributed by atoms with van der Waals surface area (Å²) < 4.78 is 0. The molecule has 0 bridgehead atoms. The smallest absolute Gasteiger partial charge is 0.126 e. The predicted octanol–water partition coefficient (Wildman–Crippen LogP) is 3.52.